The van der Waals surface area contributed by atoms with Crippen LogP contribution in [-0.4, -0.2) is 114 Å². The monoisotopic (exact) mass is 776 g/mol. The van der Waals surface area contributed by atoms with E-state index in [-0.39, 0.29) is 49.5 Å². The molecule has 2 aliphatic heterocycles. The van der Waals surface area contributed by atoms with Crippen LogP contribution in [0.3, 0.4) is 0 Å². The SMILES string of the molecule is O=C(CC1CC(C(=O)C2OC[C@H](Nc3cncc(C(F)(F)F)n3)[C@@H](O)[C@H]2O)CC1CC1CCCC1)C1OC[C@H](Nc2cncc(C(F)(F)F)n2)[C@@H](O)[C@H]1O. The van der Waals surface area contributed by atoms with Crippen molar-refractivity contribution in [3.63, 3.8) is 0 Å². The molecule has 298 valence electrons. The highest BCUT2D eigenvalue weighted by Gasteiger charge is 2.49. The number of alkyl halides is 6. The fourth-order valence-corrected chi connectivity index (χ4v) is 8.22. The van der Waals surface area contributed by atoms with Gasteiger partial charge in [0.1, 0.15) is 48.3 Å². The van der Waals surface area contributed by atoms with E-state index in [1.807, 2.05) is 0 Å². The van der Waals surface area contributed by atoms with E-state index < -0.39 is 89.9 Å². The Hall–Kier alpha value is -3.56. The molecule has 2 aliphatic carbocycles. The van der Waals surface area contributed by atoms with Gasteiger partial charge in [0.05, 0.1) is 50.1 Å². The number of halogens is 6. The third kappa shape index (κ3) is 9.10. The number of Topliss-reactive ketones (excluding diaryl/α,β-unsaturated/α-hetero) is 2. The van der Waals surface area contributed by atoms with Gasteiger partial charge in [-0.05, 0) is 37.0 Å². The van der Waals surface area contributed by atoms with Crippen LogP contribution in [0.1, 0.15) is 62.8 Å². The van der Waals surface area contributed by atoms with Crippen molar-refractivity contribution in [2.75, 3.05) is 23.8 Å². The molecular formula is C34H42F6N6O8. The predicted octanol–water partition coefficient (Wildman–Crippen LogP) is 2.56. The molecule has 6 N–H and O–H groups in total. The van der Waals surface area contributed by atoms with Crippen LogP contribution in [-0.2, 0) is 31.4 Å². The number of nitrogens with zero attached hydrogens (tertiary/aromatic N) is 4. The maximum Gasteiger partial charge on any atom is 0.434 e. The Kier molecular flexibility index (Phi) is 12.1. The summed E-state index contributed by atoms with van der Waals surface area (Å²) in [4.78, 5) is 41.4. The number of carbonyl (C=O) groups is 2. The second-order valence-corrected chi connectivity index (χ2v) is 14.7. The van der Waals surface area contributed by atoms with E-state index in [0.717, 1.165) is 44.5 Å². The van der Waals surface area contributed by atoms with Crippen LogP contribution < -0.4 is 10.6 Å². The van der Waals surface area contributed by atoms with Gasteiger partial charge in [-0.15, -0.1) is 0 Å². The number of rotatable bonds is 11. The van der Waals surface area contributed by atoms with Crippen molar-refractivity contribution in [2.45, 2.75) is 112 Å². The molecule has 0 aromatic carbocycles. The minimum absolute atomic E-state index is 0.0925. The molecule has 4 heterocycles. The minimum Gasteiger partial charge on any atom is -0.388 e. The van der Waals surface area contributed by atoms with Crippen LogP contribution in [0.4, 0.5) is 38.0 Å². The van der Waals surface area contributed by atoms with E-state index in [1.54, 1.807) is 0 Å². The first-order chi connectivity index (χ1) is 25.5. The standard InChI is InChI=1S/C34H42F6N6O8/c35-33(36,37)22-9-41-11-24(45-22)43-19-13-53-31(29(51)27(19)49)21(47)8-17-7-18(6-16(17)5-15-3-1-2-4-15)26(48)32-30(52)28(50)20(14-54-32)44-25-12-42-10-23(46-25)34(38,39)40/h9-12,15-20,27-32,49-52H,1-8,13-14H2,(H,43,45)(H,44,46)/t16?,17?,18?,19-,20-,27+,28+,29+,30+,31?,32?/m0/s1. The largest absolute Gasteiger partial charge is 0.434 e. The van der Waals surface area contributed by atoms with Crippen LogP contribution in [0.25, 0.3) is 0 Å². The molecule has 0 radical (unpaired) electrons. The van der Waals surface area contributed by atoms with Gasteiger partial charge in [0.15, 0.2) is 23.0 Å². The molecule has 2 saturated heterocycles. The zero-order valence-corrected chi connectivity index (χ0v) is 28.8. The third-order valence-electron chi connectivity index (χ3n) is 11.0. The summed E-state index contributed by atoms with van der Waals surface area (Å²) >= 11 is 0. The fourth-order valence-electron chi connectivity index (χ4n) is 8.22. The van der Waals surface area contributed by atoms with Crippen molar-refractivity contribution in [2.24, 2.45) is 23.7 Å². The Morgan fingerprint density at radius 1 is 0.704 bits per heavy atom. The Labute approximate surface area is 305 Å². The molecule has 4 aliphatic rings. The number of aromatic nitrogens is 4. The maximum absolute atomic E-state index is 13.8. The number of nitrogens with one attached hydrogen (secondary N) is 2. The summed E-state index contributed by atoms with van der Waals surface area (Å²) in [5.41, 5.74) is -2.53. The summed E-state index contributed by atoms with van der Waals surface area (Å²) < 4.78 is 89.9. The molecule has 4 fully saturated rings. The van der Waals surface area contributed by atoms with Crippen LogP contribution in [0.15, 0.2) is 24.8 Å². The summed E-state index contributed by atoms with van der Waals surface area (Å²) in [6, 6.07) is -2.23. The molecule has 5 unspecified atom stereocenters. The van der Waals surface area contributed by atoms with Crippen LogP contribution >= 0.6 is 0 Å². The van der Waals surface area contributed by atoms with Crippen molar-refractivity contribution in [3.05, 3.63) is 36.2 Å². The van der Waals surface area contributed by atoms with Gasteiger partial charge in [-0.2, -0.15) is 26.3 Å². The molecule has 2 aromatic heterocycles. The molecule has 0 bridgehead atoms. The molecule has 54 heavy (non-hydrogen) atoms. The minimum atomic E-state index is -4.76. The van der Waals surface area contributed by atoms with Crippen molar-refractivity contribution < 1.29 is 65.8 Å². The van der Waals surface area contributed by atoms with Gasteiger partial charge in [0.25, 0.3) is 0 Å². The van der Waals surface area contributed by atoms with Gasteiger partial charge in [-0.3, -0.25) is 19.6 Å². The topological polar surface area (TPSA) is 209 Å². The second kappa shape index (κ2) is 16.3. The third-order valence-corrected chi connectivity index (χ3v) is 11.0. The molecule has 14 nitrogen and oxygen atoms in total. The van der Waals surface area contributed by atoms with E-state index in [4.69, 9.17) is 9.47 Å². The number of hydrogen-bond donors (Lipinski definition) is 6. The summed E-state index contributed by atoms with van der Waals surface area (Å²) in [5, 5.41) is 48.7. The summed E-state index contributed by atoms with van der Waals surface area (Å²) in [6.07, 6.45) is -10.7. The average Bonchev–Trinajstić information content (AvgIpc) is 3.78. The highest BCUT2D eigenvalue weighted by Crippen LogP contribution is 2.46. The highest BCUT2D eigenvalue weighted by molar-refractivity contribution is 5.87. The quantitative estimate of drug-likeness (QED) is 0.181. The molecule has 6 rings (SSSR count). The molecule has 2 aromatic rings. The molecule has 0 amide bonds. The van der Waals surface area contributed by atoms with Crippen molar-refractivity contribution in [1.29, 1.82) is 0 Å². The van der Waals surface area contributed by atoms with Gasteiger partial charge in [-0.25, -0.2) is 9.97 Å². The normalized spacial score (nSPS) is 33.8. The van der Waals surface area contributed by atoms with Crippen molar-refractivity contribution >= 4 is 23.2 Å². The Morgan fingerprint density at radius 2 is 1.19 bits per heavy atom. The van der Waals surface area contributed by atoms with Gasteiger partial charge in [0, 0.05) is 12.3 Å². The summed E-state index contributed by atoms with van der Waals surface area (Å²) in [7, 11) is 0. The molecular weight excluding hydrogens is 734 g/mol. The second-order valence-electron chi connectivity index (χ2n) is 14.7. The number of aliphatic hydroxyl groups is 4. The smallest absolute Gasteiger partial charge is 0.388 e. The molecule has 20 heteroatoms. The summed E-state index contributed by atoms with van der Waals surface area (Å²) in [5.74, 6) is -2.35. The highest BCUT2D eigenvalue weighted by atomic mass is 19.4. The fraction of sp³-hybridized carbons (Fsp3) is 0.706. The van der Waals surface area contributed by atoms with Gasteiger partial charge >= 0.3 is 12.4 Å². The first kappa shape index (κ1) is 40.1. The number of aliphatic hydroxyl groups excluding tert-OH is 4. The molecule has 2 saturated carbocycles. The van der Waals surface area contributed by atoms with E-state index in [2.05, 4.69) is 30.6 Å². The Bertz CT molecular complexity index is 1630. The number of ether oxygens (including phenoxy) is 2. The zero-order valence-electron chi connectivity index (χ0n) is 28.8. The molecule has 0 spiro atoms. The lowest BCUT2D eigenvalue weighted by Crippen LogP contribution is -2.58. The molecule has 11 atom stereocenters. The van der Waals surface area contributed by atoms with E-state index in [9.17, 15) is 56.4 Å². The lowest BCUT2D eigenvalue weighted by Gasteiger charge is -2.38. The first-order valence-corrected chi connectivity index (χ1v) is 17.8. The number of carbonyl (C=O) groups excluding carboxylic acids is 2. The zero-order chi connectivity index (χ0) is 38.9. The van der Waals surface area contributed by atoms with Crippen molar-refractivity contribution in [1.82, 2.24) is 19.9 Å². The maximum atomic E-state index is 13.8. The number of hydrogen-bond acceptors (Lipinski definition) is 14. The van der Waals surface area contributed by atoms with Crippen LogP contribution in [0.5, 0.6) is 0 Å². The van der Waals surface area contributed by atoms with Gasteiger partial charge in [-0.1, -0.05) is 25.7 Å². The van der Waals surface area contributed by atoms with Gasteiger partial charge in [0.2, 0.25) is 0 Å². The van der Waals surface area contributed by atoms with Crippen LogP contribution in [0.2, 0.25) is 0 Å². The van der Waals surface area contributed by atoms with Crippen LogP contribution in [0, 0.1) is 23.7 Å². The van der Waals surface area contributed by atoms with Crippen molar-refractivity contribution in [3.8, 4) is 0 Å². The Balaban J connectivity index is 1.08. The van der Waals surface area contributed by atoms with Gasteiger partial charge < -0.3 is 40.5 Å². The predicted molar refractivity (Wildman–Crippen MR) is 173 cm³/mol. The first-order valence-electron chi connectivity index (χ1n) is 17.8. The number of ketones is 2. The lowest BCUT2D eigenvalue weighted by molar-refractivity contribution is -0.167. The van der Waals surface area contributed by atoms with E-state index >= 15 is 0 Å². The van der Waals surface area contributed by atoms with E-state index in [1.165, 1.54) is 0 Å². The summed E-state index contributed by atoms with van der Waals surface area (Å²) in [6.45, 7) is -0.693. The average molecular weight is 777 g/mol. The lowest BCUT2D eigenvalue weighted by atomic mass is 9.82. The van der Waals surface area contributed by atoms with E-state index in [0.29, 0.717) is 24.7 Å². The number of anilines is 2. The Morgan fingerprint density at radius 3 is 1.70 bits per heavy atom.